The summed E-state index contributed by atoms with van der Waals surface area (Å²) >= 11 is 0. The fourth-order valence-electron chi connectivity index (χ4n) is 0.963. The minimum absolute atomic E-state index is 0.0279. The Morgan fingerprint density at radius 1 is 1.58 bits per heavy atom. The van der Waals surface area contributed by atoms with Crippen LogP contribution in [0.25, 0.3) is 0 Å². The van der Waals surface area contributed by atoms with Gasteiger partial charge in [-0.15, -0.1) is 0 Å². The van der Waals surface area contributed by atoms with Gasteiger partial charge in [0, 0.05) is 6.04 Å². The summed E-state index contributed by atoms with van der Waals surface area (Å²) in [6.07, 6.45) is -4.96. The summed E-state index contributed by atoms with van der Waals surface area (Å²) < 4.78 is 34.8. The molecule has 70 valence electrons. The second kappa shape index (κ2) is 2.95. The summed E-state index contributed by atoms with van der Waals surface area (Å²) in [6, 6.07) is -0.0279. The molecule has 1 rings (SSSR count). The molecule has 0 unspecified atom stereocenters. The second-order valence-corrected chi connectivity index (χ2v) is 3.18. The maximum absolute atomic E-state index is 11.6. The van der Waals surface area contributed by atoms with E-state index in [4.69, 9.17) is 0 Å². The number of carbonyl (C=O) groups is 1. The lowest BCUT2D eigenvalue weighted by Crippen LogP contribution is -2.30. The molecule has 1 aliphatic carbocycles. The molecule has 1 fully saturated rings. The molecule has 0 aromatic heterocycles. The molecule has 1 N–H and O–H groups in total. The molecule has 0 heterocycles. The van der Waals surface area contributed by atoms with E-state index in [1.54, 1.807) is 0 Å². The van der Waals surface area contributed by atoms with E-state index >= 15 is 0 Å². The van der Waals surface area contributed by atoms with Crippen molar-refractivity contribution in [3.63, 3.8) is 0 Å². The largest absolute Gasteiger partial charge is 0.397 e. The zero-order chi connectivity index (χ0) is 9.35. The van der Waals surface area contributed by atoms with Crippen LogP contribution in [-0.4, -0.2) is 18.1 Å². The molecule has 0 aliphatic heterocycles. The summed E-state index contributed by atoms with van der Waals surface area (Å²) in [5.74, 6) is -0.584. The number of amides is 1. The van der Waals surface area contributed by atoms with Crippen molar-refractivity contribution in [2.24, 2.45) is 5.92 Å². The van der Waals surface area contributed by atoms with E-state index in [0.29, 0.717) is 5.92 Å². The topological polar surface area (TPSA) is 29.1 Å². The molecule has 2 nitrogen and oxygen atoms in total. The van der Waals surface area contributed by atoms with E-state index in [1.165, 1.54) is 0 Å². The van der Waals surface area contributed by atoms with Gasteiger partial charge in [-0.25, -0.2) is 0 Å². The molecule has 2 atom stereocenters. The highest BCUT2D eigenvalue weighted by atomic mass is 19.4. The van der Waals surface area contributed by atoms with Crippen molar-refractivity contribution >= 4 is 5.91 Å². The summed E-state index contributed by atoms with van der Waals surface area (Å²) in [5.41, 5.74) is 0. The van der Waals surface area contributed by atoms with Gasteiger partial charge in [0.1, 0.15) is 6.42 Å². The van der Waals surface area contributed by atoms with Crippen molar-refractivity contribution < 1.29 is 18.0 Å². The lowest BCUT2D eigenvalue weighted by molar-refractivity contribution is -0.153. The van der Waals surface area contributed by atoms with Gasteiger partial charge >= 0.3 is 6.18 Å². The van der Waals surface area contributed by atoms with E-state index in [0.717, 1.165) is 6.42 Å². The summed E-state index contributed by atoms with van der Waals surface area (Å²) in [5, 5.41) is 2.30. The van der Waals surface area contributed by atoms with Crippen LogP contribution in [-0.2, 0) is 4.79 Å². The Labute approximate surface area is 68.1 Å². The number of halogens is 3. The van der Waals surface area contributed by atoms with E-state index in [2.05, 4.69) is 5.32 Å². The first-order valence-electron chi connectivity index (χ1n) is 3.74. The quantitative estimate of drug-likeness (QED) is 0.686. The first-order valence-corrected chi connectivity index (χ1v) is 3.74. The lowest BCUT2D eigenvalue weighted by atomic mass is 10.4. The van der Waals surface area contributed by atoms with Crippen LogP contribution in [0.15, 0.2) is 0 Å². The third kappa shape index (κ3) is 3.11. The van der Waals surface area contributed by atoms with Crippen molar-refractivity contribution in [1.29, 1.82) is 0 Å². The average molecular weight is 181 g/mol. The smallest absolute Gasteiger partial charge is 0.353 e. The van der Waals surface area contributed by atoms with Crippen LogP contribution in [0, 0.1) is 5.92 Å². The number of hydrogen-bond donors (Lipinski definition) is 1. The van der Waals surface area contributed by atoms with Crippen molar-refractivity contribution in [3.8, 4) is 0 Å². The van der Waals surface area contributed by atoms with E-state index in [-0.39, 0.29) is 6.04 Å². The Hall–Kier alpha value is -0.740. The fourth-order valence-corrected chi connectivity index (χ4v) is 0.963. The Balaban J connectivity index is 2.21. The van der Waals surface area contributed by atoms with Crippen LogP contribution in [0.4, 0.5) is 13.2 Å². The van der Waals surface area contributed by atoms with Gasteiger partial charge in [-0.1, -0.05) is 6.92 Å². The van der Waals surface area contributed by atoms with Gasteiger partial charge < -0.3 is 5.32 Å². The van der Waals surface area contributed by atoms with Gasteiger partial charge in [0.25, 0.3) is 0 Å². The van der Waals surface area contributed by atoms with Crippen LogP contribution in [0.5, 0.6) is 0 Å². The molecular weight excluding hydrogens is 171 g/mol. The standard InChI is InChI=1S/C7H10F3NO/c1-4-2-5(4)11-6(12)3-7(8,9)10/h4-5H,2-3H2,1H3,(H,11,12)/t4-,5-/m1/s1. The molecule has 5 heteroatoms. The second-order valence-electron chi connectivity index (χ2n) is 3.18. The highest BCUT2D eigenvalue weighted by Crippen LogP contribution is 2.29. The third-order valence-electron chi connectivity index (χ3n) is 1.82. The van der Waals surface area contributed by atoms with Crippen LogP contribution >= 0.6 is 0 Å². The minimum Gasteiger partial charge on any atom is -0.353 e. The molecule has 1 aliphatic rings. The monoisotopic (exact) mass is 181 g/mol. The highest BCUT2D eigenvalue weighted by Gasteiger charge is 2.37. The Morgan fingerprint density at radius 2 is 2.08 bits per heavy atom. The van der Waals surface area contributed by atoms with Gasteiger partial charge in [0.2, 0.25) is 5.91 Å². The maximum Gasteiger partial charge on any atom is 0.397 e. The normalized spacial score (nSPS) is 28.3. The van der Waals surface area contributed by atoms with E-state index in [9.17, 15) is 18.0 Å². The van der Waals surface area contributed by atoms with Crippen LogP contribution < -0.4 is 5.32 Å². The highest BCUT2D eigenvalue weighted by molar-refractivity contribution is 5.77. The average Bonchev–Trinajstić information content (AvgIpc) is 2.40. The number of hydrogen-bond acceptors (Lipinski definition) is 1. The van der Waals surface area contributed by atoms with Crippen molar-refractivity contribution in [2.45, 2.75) is 32.0 Å². The molecule has 12 heavy (non-hydrogen) atoms. The SMILES string of the molecule is C[C@@H]1C[C@H]1NC(=O)CC(F)(F)F. The Bertz CT molecular complexity index is 190. The lowest BCUT2D eigenvalue weighted by Gasteiger charge is -2.06. The first-order chi connectivity index (χ1) is 5.38. The van der Waals surface area contributed by atoms with Crippen molar-refractivity contribution in [2.75, 3.05) is 0 Å². The first kappa shape index (κ1) is 9.35. The van der Waals surface area contributed by atoms with Crippen molar-refractivity contribution in [3.05, 3.63) is 0 Å². The predicted molar refractivity (Wildman–Crippen MR) is 36.4 cm³/mol. The zero-order valence-electron chi connectivity index (χ0n) is 6.61. The molecule has 0 saturated heterocycles. The van der Waals surface area contributed by atoms with E-state index in [1.807, 2.05) is 6.92 Å². The molecule has 0 aromatic carbocycles. The number of carbonyl (C=O) groups excluding carboxylic acids is 1. The van der Waals surface area contributed by atoms with Crippen molar-refractivity contribution in [1.82, 2.24) is 5.32 Å². The van der Waals surface area contributed by atoms with Gasteiger partial charge in [-0.05, 0) is 12.3 Å². The zero-order valence-corrected chi connectivity index (χ0v) is 6.61. The predicted octanol–water partition coefficient (Wildman–Crippen LogP) is 1.46. The molecule has 1 saturated carbocycles. The number of nitrogens with one attached hydrogen (secondary N) is 1. The molecule has 1 amide bonds. The van der Waals surface area contributed by atoms with Gasteiger partial charge in [-0.2, -0.15) is 13.2 Å². The number of alkyl halides is 3. The van der Waals surface area contributed by atoms with Gasteiger partial charge in [-0.3, -0.25) is 4.79 Å². The molecular formula is C7H10F3NO. The van der Waals surface area contributed by atoms with Crippen LogP contribution in [0.3, 0.4) is 0 Å². The maximum atomic E-state index is 11.6. The minimum atomic E-state index is -4.39. The molecule has 0 spiro atoms. The van der Waals surface area contributed by atoms with E-state index < -0.39 is 18.5 Å². The van der Waals surface area contributed by atoms with Gasteiger partial charge in [0.05, 0.1) is 0 Å². The third-order valence-corrected chi connectivity index (χ3v) is 1.82. The summed E-state index contributed by atoms with van der Waals surface area (Å²) in [7, 11) is 0. The Kier molecular flexibility index (Phi) is 2.30. The molecule has 0 bridgehead atoms. The Morgan fingerprint density at radius 3 is 2.42 bits per heavy atom. The van der Waals surface area contributed by atoms with Crippen LogP contribution in [0.1, 0.15) is 19.8 Å². The molecule has 0 radical (unpaired) electrons. The summed E-state index contributed by atoms with van der Waals surface area (Å²) in [4.78, 5) is 10.6. The molecule has 0 aromatic rings. The summed E-state index contributed by atoms with van der Waals surface area (Å²) in [6.45, 7) is 1.89. The number of rotatable bonds is 2. The van der Waals surface area contributed by atoms with Crippen LogP contribution in [0.2, 0.25) is 0 Å². The van der Waals surface area contributed by atoms with Gasteiger partial charge in [0.15, 0.2) is 0 Å². The fraction of sp³-hybridized carbons (Fsp3) is 0.857.